The predicted octanol–water partition coefficient (Wildman–Crippen LogP) is 6.45. The van der Waals surface area contributed by atoms with Crippen molar-refractivity contribution in [2.45, 2.75) is 56.2 Å². The molecular formula is C24H23BrF4N2O2. The lowest BCUT2D eigenvalue weighted by Crippen LogP contribution is -2.54. The lowest BCUT2D eigenvalue weighted by atomic mass is 9.57. The van der Waals surface area contributed by atoms with E-state index in [-0.39, 0.29) is 37.6 Å². The summed E-state index contributed by atoms with van der Waals surface area (Å²) in [5.41, 5.74) is -0.938. The highest BCUT2D eigenvalue weighted by Crippen LogP contribution is 2.58. The minimum Gasteiger partial charge on any atom is -0.492 e. The van der Waals surface area contributed by atoms with Gasteiger partial charge in [-0.3, -0.25) is 0 Å². The summed E-state index contributed by atoms with van der Waals surface area (Å²) in [6.07, 6.45) is -2.38. The van der Waals surface area contributed by atoms with Crippen molar-refractivity contribution in [3.05, 3.63) is 52.4 Å². The molecule has 0 radical (unpaired) electrons. The molecule has 1 aliphatic carbocycles. The van der Waals surface area contributed by atoms with Gasteiger partial charge in [0.15, 0.2) is 5.60 Å². The van der Waals surface area contributed by atoms with Crippen LogP contribution in [0.5, 0.6) is 5.75 Å². The van der Waals surface area contributed by atoms with Crippen LogP contribution in [0.25, 0.3) is 16.6 Å². The zero-order valence-corrected chi connectivity index (χ0v) is 19.5. The second kappa shape index (κ2) is 7.70. The van der Waals surface area contributed by atoms with Crippen molar-refractivity contribution in [2.24, 2.45) is 5.92 Å². The lowest BCUT2D eigenvalue weighted by Gasteiger charge is -2.49. The van der Waals surface area contributed by atoms with Crippen LogP contribution in [0.1, 0.15) is 44.6 Å². The van der Waals surface area contributed by atoms with Gasteiger partial charge in [0.2, 0.25) is 0 Å². The Bertz CT molecular complexity index is 1210. The molecule has 1 fully saturated rings. The molecule has 5 rings (SSSR count). The molecule has 2 heterocycles. The Balaban J connectivity index is 1.66. The van der Waals surface area contributed by atoms with E-state index in [9.17, 15) is 22.7 Å². The maximum Gasteiger partial charge on any atom is 0.417 e. The lowest BCUT2D eigenvalue weighted by molar-refractivity contribution is -0.279. The van der Waals surface area contributed by atoms with Crippen molar-refractivity contribution in [1.82, 2.24) is 9.78 Å². The van der Waals surface area contributed by atoms with Crippen LogP contribution in [0.15, 0.2) is 41.0 Å². The highest BCUT2D eigenvalue weighted by Gasteiger charge is 2.61. The quantitative estimate of drug-likeness (QED) is 0.390. The first-order valence-corrected chi connectivity index (χ1v) is 11.8. The molecule has 3 aromatic rings. The zero-order valence-electron chi connectivity index (χ0n) is 17.9. The van der Waals surface area contributed by atoms with Crippen molar-refractivity contribution >= 4 is 26.8 Å². The number of rotatable bonds is 2. The number of hydrogen-bond acceptors (Lipinski definition) is 3. The zero-order chi connectivity index (χ0) is 23.6. The highest BCUT2D eigenvalue weighted by molar-refractivity contribution is 9.10. The number of fused-ring (bicyclic) bond motifs is 4. The largest absolute Gasteiger partial charge is 0.492 e. The van der Waals surface area contributed by atoms with Crippen LogP contribution in [0.4, 0.5) is 17.6 Å². The van der Waals surface area contributed by atoms with E-state index in [4.69, 9.17) is 4.74 Å². The van der Waals surface area contributed by atoms with E-state index in [2.05, 4.69) is 21.0 Å². The molecule has 0 amide bonds. The van der Waals surface area contributed by atoms with E-state index in [0.29, 0.717) is 28.8 Å². The van der Waals surface area contributed by atoms with E-state index in [1.54, 1.807) is 23.0 Å². The van der Waals surface area contributed by atoms with E-state index in [0.717, 1.165) is 16.5 Å². The van der Waals surface area contributed by atoms with Gasteiger partial charge in [-0.1, -0.05) is 6.92 Å². The molecule has 0 saturated heterocycles. The Morgan fingerprint density at radius 1 is 1.24 bits per heavy atom. The molecule has 3 atom stereocenters. The monoisotopic (exact) mass is 526 g/mol. The van der Waals surface area contributed by atoms with E-state index < -0.39 is 17.2 Å². The molecule has 33 heavy (non-hydrogen) atoms. The van der Waals surface area contributed by atoms with E-state index >= 15 is 0 Å². The van der Waals surface area contributed by atoms with Crippen LogP contribution in [0.3, 0.4) is 0 Å². The SMILES string of the molecule is CC[C@@]12CC[C@](O)(C(F)(F)F)C[C@H]1CCOc1c2cc2cnn(-c3ccc(F)cc3)c2c1Br. The van der Waals surface area contributed by atoms with Crippen LogP contribution in [-0.4, -0.2) is 33.3 Å². The van der Waals surface area contributed by atoms with Crippen LogP contribution in [0, 0.1) is 11.7 Å². The normalized spacial score (nSPS) is 27.5. The molecule has 0 unspecified atom stereocenters. The number of hydrogen-bond donors (Lipinski definition) is 1. The number of nitrogens with zero attached hydrogens (tertiary/aromatic N) is 2. The number of aromatic nitrogens is 2. The van der Waals surface area contributed by atoms with Crippen LogP contribution < -0.4 is 4.74 Å². The summed E-state index contributed by atoms with van der Waals surface area (Å²) < 4.78 is 62.8. The third-order valence-electron chi connectivity index (χ3n) is 7.58. The fourth-order valence-corrected chi connectivity index (χ4v) is 6.44. The van der Waals surface area contributed by atoms with Gasteiger partial charge < -0.3 is 9.84 Å². The Morgan fingerprint density at radius 3 is 2.64 bits per heavy atom. The standard InChI is InChI=1S/C24H23BrF4N2O2/c1-2-22-8-9-23(32,24(27,28)29)12-15(22)7-10-33-21-18(22)11-14-13-30-31(20(14)19(21)25)17-5-3-16(26)4-6-17/h3-6,11,13,15,32H,2,7-10,12H2,1H3/t15-,22-,23-/m1/s1. The minimum absolute atomic E-state index is 0.213. The molecule has 2 aliphatic rings. The van der Waals surface area contributed by atoms with Crippen LogP contribution >= 0.6 is 15.9 Å². The molecule has 1 saturated carbocycles. The summed E-state index contributed by atoms with van der Waals surface area (Å²) in [7, 11) is 0. The maximum absolute atomic E-state index is 13.6. The molecule has 4 nitrogen and oxygen atoms in total. The summed E-state index contributed by atoms with van der Waals surface area (Å²) in [5.74, 6) is -0.118. The number of halogens is 5. The van der Waals surface area contributed by atoms with E-state index in [1.807, 2.05) is 13.0 Å². The number of alkyl halides is 3. The van der Waals surface area contributed by atoms with Crippen molar-refractivity contribution < 1.29 is 27.4 Å². The molecular weight excluding hydrogens is 504 g/mol. The van der Waals surface area contributed by atoms with Crippen LogP contribution in [0.2, 0.25) is 0 Å². The Morgan fingerprint density at radius 2 is 1.97 bits per heavy atom. The maximum atomic E-state index is 13.6. The molecule has 9 heteroatoms. The van der Waals surface area contributed by atoms with Gasteiger partial charge in [-0.15, -0.1) is 0 Å². The van der Waals surface area contributed by atoms with Gasteiger partial charge in [0.1, 0.15) is 11.6 Å². The predicted molar refractivity (Wildman–Crippen MR) is 119 cm³/mol. The molecule has 1 aliphatic heterocycles. The second-order valence-corrected chi connectivity index (χ2v) is 9.91. The average Bonchev–Trinajstić information content (AvgIpc) is 3.12. The number of benzene rings is 2. The van der Waals surface area contributed by atoms with Gasteiger partial charge in [0, 0.05) is 16.4 Å². The van der Waals surface area contributed by atoms with Crippen molar-refractivity contribution in [2.75, 3.05) is 6.61 Å². The molecule has 2 aromatic carbocycles. The topological polar surface area (TPSA) is 47.3 Å². The fraction of sp³-hybridized carbons (Fsp3) is 0.458. The van der Waals surface area contributed by atoms with Crippen molar-refractivity contribution in [1.29, 1.82) is 0 Å². The van der Waals surface area contributed by atoms with Crippen molar-refractivity contribution in [3.8, 4) is 11.4 Å². The first-order valence-electron chi connectivity index (χ1n) is 11.0. The van der Waals surface area contributed by atoms with Gasteiger partial charge >= 0.3 is 6.18 Å². The molecule has 1 N–H and O–H groups in total. The van der Waals surface area contributed by atoms with Gasteiger partial charge in [0.25, 0.3) is 0 Å². The first kappa shape index (κ1) is 22.7. The van der Waals surface area contributed by atoms with Gasteiger partial charge in [0.05, 0.1) is 28.5 Å². The van der Waals surface area contributed by atoms with Gasteiger partial charge in [-0.05, 0) is 84.3 Å². The smallest absolute Gasteiger partial charge is 0.417 e. The fourth-order valence-electron chi connectivity index (χ4n) is 5.71. The summed E-state index contributed by atoms with van der Waals surface area (Å²) in [6, 6.07) is 7.93. The molecule has 0 spiro atoms. The summed E-state index contributed by atoms with van der Waals surface area (Å²) >= 11 is 3.68. The summed E-state index contributed by atoms with van der Waals surface area (Å²) in [6.45, 7) is 2.24. The number of ether oxygens (including phenoxy) is 1. The first-order chi connectivity index (χ1) is 15.6. The third kappa shape index (κ3) is 3.38. The van der Waals surface area contributed by atoms with Gasteiger partial charge in [-0.2, -0.15) is 18.3 Å². The molecule has 0 bridgehead atoms. The average molecular weight is 527 g/mol. The van der Waals surface area contributed by atoms with Crippen LogP contribution in [-0.2, 0) is 5.41 Å². The Hall–Kier alpha value is -2.13. The Kier molecular flexibility index (Phi) is 5.28. The molecule has 176 valence electrons. The summed E-state index contributed by atoms with van der Waals surface area (Å²) in [5, 5.41) is 15.7. The second-order valence-electron chi connectivity index (χ2n) is 9.12. The molecule has 1 aromatic heterocycles. The van der Waals surface area contributed by atoms with Crippen molar-refractivity contribution in [3.63, 3.8) is 0 Å². The third-order valence-corrected chi connectivity index (χ3v) is 8.31. The summed E-state index contributed by atoms with van der Waals surface area (Å²) in [4.78, 5) is 0. The van der Waals surface area contributed by atoms with Gasteiger partial charge in [-0.25, -0.2) is 9.07 Å². The minimum atomic E-state index is -4.66. The Labute approximate surface area is 196 Å². The van der Waals surface area contributed by atoms with E-state index in [1.165, 1.54) is 12.1 Å². The highest BCUT2D eigenvalue weighted by atomic mass is 79.9. The number of aliphatic hydroxyl groups is 1.